The summed E-state index contributed by atoms with van der Waals surface area (Å²) in [7, 11) is 1.56. The third-order valence-corrected chi connectivity index (χ3v) is 3.53. The van der Waals surface area contributed by atoms with E-state index in [0.29, 0.717) is 6.01 Å². The summed E-state index contributed by atoms with van der Waals surface area (Å²) in [6, 6.07) is 2.38. The summed E-state index contributed by atoms with van der Waals surface area (Å²) in [6.07, 6.45) is 0. The molecule has 2 rings (SSSR count). The molecule has 0 amide bonds. The molecule has 5 nitrogen and oxygen atoms in total. The largest absolute Gasteiger partial charge is 0.467 e. The highest BCUT2D eigenvalue weighted by atomic mass is 32.1. The second kappa shape index (κ2) is 5.30. The Hall–Kier alpha value is -1.69. The van der Waals surface area contributed by atoms with E-state index in [4.69, 9.17) is 4.74 Å². The molecule has 18 heavy (non-hydrogen) atoms. The lowest BCUT2D eigenvalue weighted by molar-refractivity contribution is 0.379. The molecular formula is C12H16N4OS. The van der Waals surface area contributed by atoms with E-state index in [2.05, 4.69) is 27.2 Å². The third kappa shape index (κ3) is 2.95. The van der Waals surface area contributed by atoms with Crippen LogP contribution in [0.4, 0.5) is 5.82 Å². The van der Waals surface area contributed by atoms with Gasteiger partial charge in [-0.25, -0.2) is 9.97 Å². The number of hydrogen-bond acceptors (Lipinski definition) is 6. The number of thiazole rings is 1. The van der Waals surface area contributed by atoms with Crippen LogP contribution in [0.5, 0.6) is 6.01 Å². The van der Waals surface area contributed by atoms with Crippen LogP contribution in [-0.2, 0) is 0 Å². The lowest BCUT2D eigenvalue weighted by Crippen LogP contribution is -2.09. The molecule has 2 aromatic heterocycles. The quantitative estimate of drug-likeness (QED) is 0.920. The molecule has 1 atom stereocenters. The fraction of sp³-hybridized carbons (Fsp3) is 0.417. The molecule has 1 unspecified atom stereocenters. The average molecular weight is 264 g/mol. The summed E-state index contributed by atoms with van der Waals surface area (Å²) in [5.74, 6) is 0.750. The summed E-state index contributed by atoms with van der Waals surface area (Å²) in [5, 5.41) is 6.39. The molecule has 6 heteroatoms. The van der Waals surface area contributed by atoms with Crippen molar-refractivity contribution in [1.82, 2.24) is 15.0 Å². The summed E-state index contributed by atoms with van der Waals surface area (Å²) in [4.78, 5) is 12.9. The van der Waals surface area contributed by atoms with E-state index in [0.717, 1.165) is 22.2 Å². The van der Waals surface area contributed by atoms with Gasteiger partial charge in [0, 0.05) is 22.8 Å². The molecule has 1 N–H and O–H groups in total. The number of anilines is 1. The fourth-order valence-corrected chi connectivity index (χ4v) is 2.36. The van der Waals surface area contributed by atoms with Gasteiger partial charge in [-0.05, 0) is 20.8 Å². The van der Waals surface area contributed by atoms with Gasteiger partial charge < -0.3 is 10.1 Å². The molecule has 0 saturated heterocycles. The zero-order valence-corrected chi connectivity index (χ0v) is 11.7. The molecular weight excluding hydrogens is 248 g/mol. The first-order valence-corrected chi connectivity index (χ1v) is 6.54. The van der Waals surface area contributed by atoms with Crippen LogP contribution in [0.1, 0.15) is 29.4 Å². The lowest BCUT2D eigenvalue weighted by Gasteiger charge is -2.12. The van der Waals surface area contributed by atoms with Crippen molar-refractivity contribution in [2.45, 2.75) is 26.8 Å². The Morgan fingerprint density at radius 1 is 1.22 bits per heavy atom. The summed E-state index contributed by atoms with van der Waals surface area (Å²) < 4.78 is 5.05. The van der Waals surface area contributed by atoms with E-state index >= 15 is 0 Å². The standard InChI is InChI=1S/C12H16N4OS/c1-7-5-10(16-12(14-7)17-4)15-9(3)11-13-8(2)6-18-11/h5-6,9H,1-4H3,(H,14,15,16). The second-order valence-corrected chi connectivity index (χ2v) is 4.96. The maximum absolute atomic E-state index is 5.05. The minimum absolute atomic E-state index is 0.114. The third-order valence-electron chi connectivity index (χ3n) is 2.39. The van der Waals surface area contributed by atoms with E-state index in [-0.39, 0.29) is 6.04 Å². The fourth-order valence-electron chi connectivity index (χ4n) is 1.56. The van der Waals surface area contributed by atoms with Crippen molar-refractivity contribution in [3.05, 3.63) is 27.8 Å². The maximum Gasteiger partial charge on any atom is 0.318 e. The molecule has 0 aliphatic carbocycles. The Bertz CT molecular complexity index is 541. The predicted octanol–water partition coefficient (Wildman–Crippen LogP) is 2.73. The first kappa shape index (κ1) is 12.8. The van der Waals surface area contributed by atoms with E-state index in [1.165, 1.54) is 0 Å². The van der Waals surface area contributed by atoms with Gasteiger partial charge in [0.25, 0.3) is 0 Å². The molecule has 2 heterocycles. The molecule has 96 valence electrons. The Labute approximate surface area is 110 Å². The van der Waals surface area contributed by atoms with Gasteiger partial charge >= 0.3 is 6.01 Å². The molecule has 0 aliphatic heterocycles. The van der Waals surface area contributed by atoms with Gasteiger partial charge in [-0.1, -0.05) is 0 Å². The number of aryl methyl sites for hydroxylation is 2. The van der Waals surface area contributed by atoms with Crippen LogP contribution in [0.25, 0.3) is 0 Å². The Balaban J connectivity index is 2.16. The molecule has 0 aromatic carbocycles. The smallest absolute Gasteiger partial charge is 0.318 e. The van der Waals surface area contributed by atoms with Crippen molar-refractivity contribution in [2.24, 2.45) is 0 Å². The van der Waals surface area contributed by atoms with Gasteiger partial charge in [-0.2, -0.15) is 4.98 Å². The van der Waals surface area contributed by atoms with E-state index in [1.54, 1.807) is 18.4 Å². The zero-order chi connectivity index (χ0) is 13.1. The van der Waals surface area contributed by atoms with Crippen molar-refractivity contribution in [3.63, 3.8) is 0 Å². The van der Waals surface area contributed by atoms with Gasteiger partial charge in [0.1, 0.15) is 10.8 Å². The number of rotatable bonds is 4. The van der Waals surface area contributed by atoms with E-state index in [1.807, 2.05) is 25.3 Å². The van der Waals surface area contributed by atoms with Gasteiger partial charge in [-0.15, -0.1) is 11.3 Å². The monoisotopic (exact) mass is 264 g/mol. The number of aromatic nitrogens is 3. The summed E-state index contributed by atoms with van der Waals surface area (Å²) in [6.45, 7) is 5.96. The van der Waals surface area contributed by atoms with Crippen LogP contribution >= 0.6 is 11.3 Å². The van der Waals surface area contributed by atoms with E-state index < -0.39 is 0 Å². The van der Waals surface area contributed by atoms with Crippen molar-refractivity contribution >= 4 is 17.2 Å². The number of ether oxygens (including phenoxy) is 1. The minimum atomic E-state index is 0.114. The normalized spacial score (nSPS) is 12.2. The topological polar surface area (TPSA) is 59.9 Å². The Morgan fingerprint density at radius 3 is 2.61 bits per heavy atom. The molecule has 0 saturated carbocycles. The molecule has 0 fully saturated rings. The highest BCUT2D eigenvalue weighted by Crippen LogP contribution is 2.22. The van der Waals surface area contributed by atoms with Gasteiger partial charge in [0.05, 0.1) is 13.2 Å². The SMILES string of the molecule is COc1nc(C)cc(NC(C)c2nc(C)cs2)n1. The number of nitrogens with one attached hydrogen (secondary N) is 1. The van der Waals surface area contributed by atoms with Crippen LogP contribution in [-0.4, -0.2) is 22.1 Å². The van der Waals surface area contributed by atoms with Crippen LogP contribution in [0.2, 0.25) is 0 Å². The molecule has 2 aromatic rings. The summed E-state index contributed by atoms with van der Waals surface area (Å²) in [5.41, 5.74) is 1.91. The number of hydrogen-bond donors (Lipinski definition) is 1. The van der Waals surface area contributed by atoms with Crippen molar-refractivity contribution in [1.29, 1.82) is 0 Å². The highest BCUT2D eigenvalue weighted by molar-refractivity contribution is 7.09. The number of methoxy groups -OCH3 is 1. The second-order valence-electron chi connectivity index (χ2n) is 4.07. The molecule has 0 aliphatic rings. The maximum atomic E-state index is 5.05. The van der Waals surface area contributed by atoms with Gasteiger partial charge in [-0.3, -0.25) is 0 Å². The van der Waals surface area contributed by atoms with Gasteiger partial charge in [0.15, 0.2) is 0 Å². The Morgan fingerprint density at radius 2 is 2.00 bits per heavy atom. The molecule has 0 radical (unpaired) electrons. The Kier molecular flexibility index (Phi) is 3.76. The van der Waals surface area contributed by atoms with Gasteiger partial charge in [0.2, 0.25) is 0 Å². The predicted molar refractivity (Wildman–Crippen MR) is 72.2 cm³/mol. The van der Waals surface area contributed by atoms with Crippen molar-refractivity contribution < 1.29 is 4.74 Å². The highest BCUT2D eigenvalue weighted by Gasteiger charge is 2.11. The lowest BCUT2D eigenvalue weighted by atomic mass is 10.3. The van der Waals surface area contributed by atoms with Crippen LogP contribution < -0.4 is 10.1 Å². The average Bonchev–Trinajstić information content (AvgIpc) is 2.75. The first-order valence-electron chi connectivity index (χ1n) is 5.66. The summed E-state index contributed by atoms with van der Waals surface area (Å²) >= 11 is 1.64. The van der Waals surface area contributed by atoms with Crippen molar-refractivity contribution in [2.75, 3.05) is 12.4 Å². The first-order chi connectivity index (χ1) is 8.58. The number of nitrogens with zero attached hydrogens (tertiary/aromatic N) is 3. The van der Waals surface area contributed by atoms with Crippen LogP contribution in [0.3, 0.4) is 0 Å². The molecule has 0 bridgehead atoms. The molecule has 0 spiro atoms. The van der Waals surface area contributed by atoms with Crippen LogP contribution in [0.15, 0.2) is 11.4 Å². The van der Waals surface area contributed by atoms with Crippen LogP contribution in [0, 0.1) is 13.8 Å². The van der Waals surface area contributed by atoms with Crippen molar-refractivity contribution in [3.8, 4) is 6.01 Å². The minimum Gasteiger partial charge on any atom is -0.467 e. The zero-order valence-electron chi connectivity index (χ0n) is 10.9. The van der Waals surface area contributed by atoms with E-state index in [9.17, 15) is 0 Å².